The number of aryl methyl sites for hydroxylation is 1. The highest BCUT2D eigenvalue weighted by Crippen LogP contribution is 2.20. The van der Waals surface area contributed by atoms with E-state index in [0.29, 0.717) is 18.1 Å². The first kappa shape index (κ1) is 12.1. The lowest BCUT2D eigenvalue weighted by molar-refractivity contribution is -0.116. The zero-order chi connectivity index (χ0) is 12.1. The first-order valence-electron chi connectivity index (χ1n) is 5.82. The van der Waals surface area contributed by atoms with E-state index >= 15 is 0 Å². The number of allylic oxidation sites excluding steroid dienone is 1. The van der Waals surface area contributed by atoms with Crippen molar-refractivity contribution in [1.82, 2.24) is 4.98 Å². The van der Waals surface area contributed by atoms with E-state index in [9.17, 15) is 4.79 Å². The van der Waals surface area contributed by atoms with Crippen molar-refractivity contribution in [2.45, 2.75) is 25.7 Å². The van der Waals surface area contributed by atoms with Crippen LogP contribution in [0.15, 0.2) is 18.2 Å². The number of aromatic nitrogens is 1. The lowest BCUT2D eigenvalue weighted by atomic mass is 10.1. The van der Waals surface area contributed by atoms with Gasteiger partial charge < -0.3 is 5.32 Å². The van der Waals surface area contributed by atoms with Crippen LogP contribution >= 0.6 is 11.6 Å². The van der Waals surface area contributed by atoms with Gasteiger partial charge in [-0.2, -0.15) is 0 Å². The van der Waals surface area contributed by atoms with Crippen molar-refractivity contribution >= 4 is 29.4 Å². The van der Waals surface area contributed by atoms with Gasteiger partial charge in [0, 0.05) is 12.3 Å². The van der Waals surface area contributed by atoms with Gasteiger partial charge in [-0.05, 0) is 37.0 Å². The van der Waals surface area contributed by atoms with E-state index in [2.05, 4.69) is 16.4 Å². The van der Waals surface area contributed by atoms with Gasteiger partial charge in [-0.15, -0.1) is 11.6 Å². The molecule has 0 unspecified atom stereocenters. The number of carbonyl (C=O) groups is 1. The van der Waals surface area contributed by atoms with E-state index in [1.807, 2.05) is 18.2 Å². The molecule has 0 aromatic carbocycles. The monoisotopic (exact) mass is 250 g/mol. The van der Waals surface area contributed by atoms with Crippen LogP contribution < -0.4 is 5.32 Å². The molecule has 2 heterocycles. The normalized spacial score (nSPS) is 14.8. The van der Waals surface area contributed by atoms with Gasteiger partial charge in [-0.3, -0.25) is 4.79 Å². The Bertz CT molecular complexity index is 443. The summed E-state index contributed by atoms with van der Waals surface area (Å²) in [5.74, 6) is 1.44. The van der Waals surface area contributed by atoms with Gasteiger partial charge in [-0.25, -0.2) is 4.98 Å². The Kier molecular flexibility index (Phi) is 4.15. The summed E-state index contributed by atoms with van der Waals surface area (Å²) >= 11 is 5.60. The summed E-state index contributed by atoms with van der Waals surface area (Å²) in [6.07, 6.45) is 7.29. The molecule has 0 saturated carbocycles. The van der Waals surface area contributed by atoms with Crippen LogP contribution in [0.5, 0.6) is 0 Å². The average molecular weight is 251 g/mol. The van der Waals surface area contributed by atoms with Crippen molar-refractivity contribution < 1.29 is 4.79 Å². The lowest BCUT2D eigenvalue weighted by Gasteiger charge is -2.15. The number of alkyl halides is 1. The summed E-state index contributed by atoms with van der Waals surface area (Å²) in [6, 6.07) is 4.01. The van der Waals surface area contributed by atoms with Crippen LogP contribution in [0, 0.1) is 0 Å². The van der Waals surface area contributed by atoms with Crippen molar-refractivity contribution in [3.05, 3.63) is 29.5 Å². The highest BCUT2D eigenvalue weighted by atomic mass is 35.5. The van der Waals surface area contributed by atoms with E-state index in [4.69, 9.17) is 11.6 Å². The number of unbranched alkanes of at least 4 members (excludes halogenated alkanes) is 1. The largest absolute Gasteiger partial charge is 0.310 e. The van der Waals surface area contributed by atoms with Crippen LogP contribution in [0.4, 0.5) is 5.82 Å². The minimum atomic E-state index is 0.0493. The third kappa shape index (κ3) is 3.30. The van der Waals surface area contributed by atoms with Crippen LogP contribution in [-0.2, 0) is 11.2 Å². The molecule has 0 radical (unpaired) electrons. The minimum Gasteiger partial charge on any atom is -0.310 e. The molecule has 1 N–H and O–H groups in total. The Hall–Kier alpha value is -1.35. The Labute approximate surface area is 106 Å². The number of amides is 1. The van der Waals surface area contributed by atoms with Crippen molar-refractivity contribution in [2.24, 2.45) is 0 Å². The zero-order valence-electron chi connectivity index (χ0n) is 9.58. The molecule has 1 aliphatic rings. The van der Waals surface area contributed by atoms with Crippen molar-refractivity contribution in [3.8, 4) is 0 Å². The highest BCUT2D eigenvalue weighted by Gasteiger charge is 2.15. The van der Waals surface area contributed by atoms with Crippen LogP contribution in [0.3, 0.4) is 0 Å². The predicted molar refractivity (Wildman–Crippen MR) is 70.2 cm³/mol. The smallest absolute Gasteiger partial charge is 0.225 e. The second kappa shape index (κ2) is 5.82. The van der Waals surface area contributed by atoms with E-state index in [1.165, 1.54) is 0 Å². The molecule has 0 fully saturated rings. The molecule has 1 aliphatic heterocycles. The number of hydrogen-bond acceptors (Lipinski definition) is 2. The van der Waals surface area contributed by atoms with Crippen molar-refractivity contribution in [1.29, 1.82) is 0 Å². The summed E-state index contributed by atoms with van der Waals surface area (Å²) in [5.41, 5.74) is 1.99. The third-order valence-electron chi connectivity index (χ3n) is 2.67. The minimum absolute atomic E-state index is 0.0493. The number of nitrogens with one attached hydrogen (secondary N) is 1. The van der Waals surface area contributed by atoms with E-state index in [1.54, 1.807) is 0 Å². The van der Waals surface area contributed by atoms with Gasteiger partial charge in [0.2, 0.25) is 5.91 Å². The highest BCUT2D eigenvalue weighted by molar-refractivity contribution is 6.17. The van der Waals surface area contributed by atoms with Gasteiger partial charge in [0.15, 0.2) is 0 Å². The maximum absolute atomic E-state index is 11.3. The number of hydrogen-bond donors (Lipinski definition) is 1. The van der Waals surface area contributed by atoms with E-state index < -0.39 is 0 Å². The zero-order valence-corrected chi connectivity index (χ0v) is 10.3. The number of fused-ring (bicyclic) bond motifs is 1. The average Bonchev–Trinajstić information content (AvgIpc) is 2.34. The van der Waals surface area contributed by atoms with Crippen LogP contribution in [-0.4, -0.2) is 16.8 Å². The Morgan fingerprint density at radius 2 is 2.29 bits per heavy atom. The number of carbonyl (C=O) groups excluding carboxylic acids is 1. The van der Waals surface area contributed by atoms with Crippen molar-refractivity contribution in [3.63, 3.8) is 0 Å². The quantitative estimate of drug-likeness (QED) is 0.659. The van der Waals surface area contributed by atoms with Gasteiger partial charge in [-0.1, -0.05) is 12.1 Å². The number of anilines is 1. The molecule has 0 atom stereocenters. The molecule has 1 aromatic heterocycles. The van der Waals surface area contributed by atoms with Crippen LogP contribution in [0.2, 0.25) is 0 Å². The SMILES string of the molecule is O=C1CCc2ccc(/C=C/CCCCl)nc2N1. The van der Waals surface area contributed by atoms with Gasteiger partial charge >= 0.3 is 0 Å². The molecule has 2 rings (SSSR count). The molecule has 0 aliphatic carbocycles. The summed E-state index contributed by atoms with van der Waals surface area (Å²) in [7, 11) is 0. The maximum Gasteiger partial charge on any atom is 0.225 e. The molecule has 17 heavy (non-hydrogen) atoms. The fraction of sp³-hybridized carbons (Fsp3) is 0.385. The van der Waals surface area contributed by atoms with E-state index in [-0.39, 0.29) is 5.91 Å². The number of halogens is 1. The molecule has 0 spiro atoms. The third-order valence-corrected chi connectivity index (χ3v) is 2.94. The summed E-state index contributed by atoms with van der Waals surface area (Å²) in [5, 5.41) is 2.80. The van der Waals surface area contributed by atoms with E-state index in [0.717, 1.165) is 30.5 Å². The molecule has 1 aromatic rings. The van der Waals surface area contributed by atoms with Gasteiger partial charge in [0.1, 0.15) is 5.82 Å². The van der Waals surface area contributed by atoms with Gasteiger partial charge in [0.05, 0.1) is 5.69 Å². The Morgan fingerprint density at radius 3 is 3.12 bits per heavy atom. The summed E-state index contributed by atoms with van der Waals surface area (Å²) in [6.45, 7) is 0. The number of nitrogens with zero attached hydrogens (tertiary/aromatic N) is 1. The fourth-order valence-corrected chi connectivity index (χ4v) is 1.90. The summed E-state index contributed by atoms with van der Waals surface area (Å²) < 4.78 is 0. The second-order valence-corrected chi connectivity index (χ2v) is 4.40. The lowest BCUT2D eigenvalue weighted by Crippen LogP contribution is -2.20. The number of pyridine rings is 1. The molecule has 90 valence electrons. The molecule has 0 bridgehead atoms. The standard InChI is InChI=1S/C13H15ClN2O/c14-9-3-1-2-4-11-7-5-10-6-8-12(17)16-13(10)15-11/h2,4-5,7H,1,3,6,8-9H2,(H,15,16,17)/b4-2+. The van der Waals surface area contributed by atoms with Gasteiger partial charge in [0.25, 0.3) is 0 Å². The van der Waals surface area contributed by atoms with Crippen molar-refractivity contribution in [2.75, 3.05) is 11.2 Å². The molecule has 3 nitrogen and oxygen atoms in total. The predicted octanol–water partition coefficient (Wildman–Crippen LogP) is 3.00. The summed E-state index contributed by atoms with van der Waals surface area (Å²) in [4.78, 5) is 15.7. The molecular weight excluding hydrogens is 236 g/mol. The molecule has 0 saturated heterocycles. The molecular formula is C13H15ClN2O. The van der Waals surface area contributed by atoms with Crippen LogP contribution in [0.25, 0.3) is 6.08 Å². The first-order chi connectivity index (χ1) is 8.29. The molecule has 4 heteroatoms. The van der Waals surface area contributed by atoms with Crippen LogP contribution in [0.1, 0.15) is 30.5 Å². The molecule has 1 amide bonds. The Morgan fingerprint density at radius 1 is 1.41 bits per heavy atom. The topological polar surface area (TPSA) is 42.0 Å². The number of rotatable bonds is 4. The Balaban J connectivity index is 2.07. The fourth-order valence-electron chi connectivity index (χ4n) is 1.75. The first-order valence-corrected chi connectivity index (χ1v) is 6.35. The maximum atomic E-state index is 11.3. The second-order valence-electron chi connectivity index (χ2n) is 4.03.